The maximum absolute atomic E-state index is 2.57. The lowest BCUT2D eigenvalue weighted by Gasteiger charge is -2.12. The normalized spacial score (nSPS) is 12.6. The Kier molecular flexibility index (Phi) is 4.83. The third-order valence-corrected chi connectivity index (χ3v) is 11.6. The van der Waals surface area contributed by atoms with E-state index in [0.29, 0.717) is 0 Å². The average Bonchev–Trinajstić information content (AvgIpc) is 3.93. The highest BCUT2D eigenvalue weighted by Gasteiger charge is 2.25. The topological polar surface area (TPSA) is 18.7 Å². The Morgan fingerprint density at radius 2 is 0.750 bits per heavy atom. The number of rotatable bonds is 2. The molecule has 0 atom stereocenters. The molecule has 0 amide bonds. The van der Waals surface area contributed by atoms with E-state index in [4.69, 9.17) is 0 Å². The fourth-order valence-corrected chi connectivity index (χ4v) is 9.66. The predicted octanol–water partition coefficient (Wildman–Crippen LogP) is 12.4. The minimum atomic E-state index is 1.17. The molecule has 0 aliphatic rings. The summed E-state index contributed by atoms with van der Waals surface area (Å²) in [7, 11) is 0. The van der Waals surface area contributed by atoms with Crippen molar-refractivity contribution in [3.05, 3.63) is 170 Å². The van der Waals surface area contributed by atoms with Gasteiger partial charge in [-0.3, -0.25) is 0 Å². The van der Waals surface area contributed by atoms with Gasteiger partial charge in [-0.2, -0.15) is 0 Å². The highest BCUT2D eigenvalue weighted by molar-refractivity contribution is 6.30. The van der Waals surface area contributed by atoms with Gasteiger partial charge in [0.2, 0.25) is 0 Å². The summed E-state index contributed by atoms with van der Waals surface area (Å²) in [6.45, 7) is 0. The van der Waals surface area contributed by atoms with Crippen molar-refractivity contribution >= 4 is 98.3 Å². The van der Waals surface area contributed by atoms with Crippen LogP contribution in [0.4, 0.5) is 0 Å². The highest BCUT2D eigenvalue weighted by Crippen LogP contribution is 2.46. The number of aromatic nitrogens is 4. The zero-order valence-corrected chi connectivity index (χ0v) is 28.0. The molecule has 0 unspecified atom stereocenters. The molecule has 4 nitrogen and oxygen atoms in total. The van der Waals surface area contributed by atoms with E-state index in [2.05, 4.69) is 188 Å². The van der Waals surface area contributed by atoms with Crippen molar-refractivity contribution < 1.29 is 0 Å². The third-order valence-electron chi connectivity index (χ3n) is 11.6. The van der Waals surface area contributed by atoms with Crippen LogP contribution in [0, 0.1) is 0 Å². The van der Waals surface area contributed by atoms with Crippen molar-refractivity contribution in [3.8, 4) is 11.4 Å². The smallest absolute Gasteiger partial charge is 0.0783 e. The SMILES string of the molecule is c1ccc(-n2c3ccccc3c3cc4c5cccc6c5n(c4cc32)c2cccc3c4ccc5c(c7ccccc7n5-c5ccccc5)c4n6c32)cc1. The van der Waals surface area contributed by atoms with Crippen LogP contribution in [0.1, 0.15) is 0 Å². The molecule has 4 heteroatoms. The van der Waals surface area contributed by atoms with Crippen LogP contribution in [0.25, 0.3) is 110 Å². The Labute approximate surface area is 296 Å². The van der Waals surface area contributed by atoms with Gasteiger partial charge >= 0.3 is 0 Å². The molecule has 0 saturated heterocycles. The van der Waals surface area contributed by atoms with Gasteiger partial charge in [0.25, 0.3) is 0 Å². The number of benzene rings is 8. The number of nitrogens with zero attached hydrogens (tertiary/aromatic N) is 4. The predicted molar refractivity (Wildman–Crippen MR) is 218 cm³/mol. The van der Waals surface area contributed by atoms with Crippen LogP contribution in [-0.2, 0) is 0 Å². The first-order valence-electron chi connectivity index (χ1n) is 18.0. The number of fused-ring (bicyclic) bond motifs is 15. The average molecular weight is 661 g/mol. The second kappa shape index (κ2) is 9.39. The van der Waals surface area contributed by atoms with Gasteiger partial charge in [-0.05, 0) is 66.7 Å². The van der Waals surface area contributed by atoms with Crippen LogP contribution < -0.4 is 0 Å². The molecule has 0 aliphatic heterocycles. The van der Waals surface area contributed by atoms with Gasteiger partial charge in [-0.25, -0.2) is 0 Å². The standard InChI is InChI=1S/C48H28N4/c1-3-13-29(14-4-1)49-39-22-10-8-18-35(39)45-40(49)26-25-34-32-19-11-23-41-47(32)52(48(34)45)42-24-12-20-33-37-27-36-31-17-7-9-21-38(31)50(30-15-5-2-6-16-30)43(36)28-44(37)51(41)46(33)42/h1-28H. The largest absolute Gasteiger partial charge is 0.309 e. The summed E-state index contributed by atoms with van der Waals surface area (Å²) in [5.74, 6) is 0. The monoisotopic (exact) mass is 660 g/mol. The van der Waals surface area contributed by atoms with Crippen LogP contribution in [0.5, 0.6) is 0 Å². The lowest BCUT2D eigenvalue weighted by Crippen LogP contribution is -1.97. The minimum absolute atomic E-state index is 1.17. The lowest BCUT2D eigenvalue weighted by atomic mass is 10.1. The zero-order chi connectivity index (χ0) is 33.7. The van der Waals surface area contributed by atoms with Crippen molar-refractivity contribution in [1.29, 1.82) is 0 Å². The van der Waals surface area contributed by atoms with Crippen molar-refractivity contribution in [1.82, 2.24) is 17.9 Å². The van der Waals surface area contributed by atoms with Crippen molar-refractivity contribution in [2.75, 3.05) is 0 Å². The molecular formula is C48H28N4. The number of hydrogen-bond donors (Lipinski definition) is 0. The maximum Gasteiger partial charge on any atom is 0.0783 e. The van der Waals surface area contributed by atoms with Crippen molar-refractivity contribution in [2.24, 2.45) is 0 Å². The van der Waals surface area contributed by atoms with Gasteiger partial charge in [-0.15, -0.1) is 0 Å². The van der Waals surface area contributed by atoms with Crippen LogP contribution in [0.2, 0.25) is 0 Å². The van der Waals surface area contributed by atoms with E-state index in [-0.39, 0.29) is 0 Å². The fraction of sp³-hybridized carbons (Fsp3) is 0. The van der Waals surface area contributed by atoms with Gasteiger partial charge in [0.1, 0.15) is 0 Å². The summed E-state index contributed by atoms with van der Waals surface area (Å²) < 4.78 is 9.96. The molecule has 0 saturated carbocycles. The molecule has 0 spiro atoms. The first-order chi connectivity index (χ1) is 25.8. The van der Waals surface area contributed by atoms with Gasteiger partial charge in [0.05, 0.1) is 55.2 Å². The number of hydrogen-bond acceptors (Lipinski definition) is 0. The van der Waals surface area contributed by atoms with Crippen LogP contribution in [0.15, 0.2) is 170 Å². The summed E-state index contributed by atoms with van der Waals surface area (Å²) in [4.78, 5) is 0. The second-order valence-corrected chi connectivity index (χ2v) is 14.1. The fourth-order valence-electron chi connectivity index (χ4n) is 9.66. The molecule has 0 fully saturated rings. The quantitative estimate of drug-likeness (QED) is 0.164. The van der Waals surface area contributed by atoms with Gasteiger partial charge in [-0.1, -0.05) is 103 Å². The Morgan fingerprint density at radius 3 is 1.48 bits per heavy atom. The van der Waals surface area contributed by atoms with Gasteiger partial charge in [0, 0.05) is 54.5 Å². The molecule has 0 N–H and O–H groups in total. The molecule has 0 aliphatic carbocycles. The minimum Gasteiger partial charge on any atom is -0.309 e. The summed E-state index contributed by atoms with van der Waals surface area (Å²) in [5.41, 5.74) is 14.6. The van der Waals surface area contributed by atoms with E-state index in [1.807, 2.05) is 0 Å². The molecule has 240 valence electrons. The Balaban J connectivity index is 1.26. The first-order valence-corrected chi connectivity index (χ1v) is 18.0. The lowest BCUT2D eigenvalue weighted by molar-refractivity contribution is 1.18. The summed E-state index contributed by atoms with van der Waals surface area (Å²) in [5, 5.41) is 10.2. The van der Waals surface area contributed by atoms with Crippen LogP contribution in [0.3, 0.4) is 0 Å². The Bertz CT molecular complexity index is 3610. The summed E-state index contributed by atoms with van der Waals surface area (Å²) in [6.07, 6.45) is 0. The molecular weight excluding hydrogens is 633 g/mol. The molecule has 5 aromatic heterocycles. The van der Waals surface area contributed by atoms with E-state index < -0.39 is 0 Å². The van der Waals surface area contributed by atoms with Gasteiger partial charge in [0.15, 0.2) is 0 Å². The first kappa shape index (κ1) is 26.8. The third kappa shape index (κ3) is 3.11. The molecule has 0 radical (unpaired) electrons. The van der Waals surface area contributed by atoms with Crippen molar-refractivity contribution in [3.63, 3.8) is 0 Å². The zero-order valence-electron chi connectivity index (χ0n) is 28.0. The van der Waals surface area contributed by atoms with E-state index in [0.717, 1.165) is 0 Å². The second-order valence-electron chi connectivity index (χ2n) is 14.1. The Morgan fingerprint density at radius 1 is 0.250 bits per heavy atom. The maximum atomic E-state index is 2.57. The highest BCUT2D eigenvalue weighted by atomic mass is 15.0. The summed E-state index contributed by atoms with van der Waals surface area (Å²) >= 11 is 0. The van der Waals surface area contributed by atoms with Gasteiger partial charge < -0.3 is 17.9 Å². The van der Waals surface area contributed by atoms with Crippen molar-refractivity contribution in [2.45, 2.75) is 0 Å². The number of para-hydroxylation sites is 6. The molecule has 13 rings (SSSR count). The summed E-state index contributed by atoms with van der Waals surface area (Å²) in [6, 6.07) is 62.5. The van der Waals surface area contributed by atoms with E-state index in [1.54, 1.807) is 0 Å². The molecule has 8 aromatic carbocycles. The van der Waals surface area contributed by atoms with E-state index in [9.17, 15) is 0 Å². The molecule has 13 aromatic rings. The molecule has 5 heterocycles. The molecule has 52 heavy (non-hydrogen) atoms. The van der Waals surface area contributed by atoms with Crippen LogP contribution in [-0.4, -0.2) is 17.9 Å². The molecule has 0 bridgehead atoms. The van der Waals surface area contributed by atoms with E-state index >= 15 is 0 Å². The van der Waals surface area contributed by atoms with E-state index in [1.165, 1.54) is 110 Å². The Hall–Kier alpha value is -7.04. The van der Waals surface area contributed by atoms with Crippen LogP contribution >= 0.6 is 0 Å².